The molecule has 17 heavy (non-hydrogen) atoms. The van der Waals surface area contributed by atoms with Crippen molar-refractivity contribution in [3.8, 4) is 0 Å². The summed E-state index contributed by atoms with van der Waals surface area (Å²) in [6.45, 7) is 4.43. The van der Waals surface area contributed by atoms with Gasteiger partial charge in [-0.05, 0) is 31.7 Å². The molecule has 0 saturated heterocycles. The van der Waals surface area contributed by atoms with E-state index in [1.807, 2.05) is 11.3 Å². The molecule has 0 aliphatic heterocycles. The van der Waals surface area contributed by atoms with Crippen LogP contribution in [0, 0.1) is 5.92 Å². The Bertz CT molecular complexity index is 340. The Kier molecular flexibility index (Phi) is 4.57. The Morgan fingerprint density at radius 2 is 2.00 bits per heavy atom. The van der Waals surface area contributed by atoms with E-state index in [0.29, 0.717) is 12.0 Å². The monoisotopic (exact) mass is 252 g/mol. The van der Waals surface area contributed by atoms with E-state index in [1.165, 1.54) is 42.8 Å². The van der Waals surface area contributed by atoms with Crippen molar-refractivity contribution in [2.75, 3.05) is 7.05 Å². The molecule has 2 nitrogen and oxygen atoms in total. The third kappa shape index (κ3) is 3.08. The molecule has 1 aliphatic rings. The van der Waals surface area contributed by atoms with Crippen molar-refractivity contribution < 1.29 is 0 Å². The molecule has 1 fully saturated rings. The fourth-order valence-electron chi connectivity index (χ4n) is 2.74. The highest BCUT2D eigenvalue weighted by molar-refractivity contribution is 7.09. The molecular formula is C14H24N2S. The van der Waals surface area contributed by atoms with Crippen molar-refractivity contribution in [3.05, 3.63) is 16.1 Å². The zero-order valence-corrected chi connectivity index (χ0v) is 12.0. The summed E-state index contributed by atoms with van der Waals surface area (Å²) in [4.78, 5) is 4.81. The van der Waals surface area contributed by atoms with Gasteiger partial charge in [0.25, 0.3) is 0 Å². The molecule has 1 aromatic heterocycles. The van der Waals surface area contributed by atoms with Crippen LogP contribution in [0.25, 0.3) is 0 Å². The molecule has 3 heteroatoms. The van der Waals surface area contributed by atoms with Crippen LogP contribution >= 0.6 is 11.3 Å². The number of rotatable bonds is 4. The summed E-state index contributed by atoms with van der Waals surface area (Å²) in [7, 11) is 2.08. The second-order valence-electron chi connectivity index (χ2n) is 5.43. The van der Waals surface area contributed by atoms with Crippen LogP contribution in [0.2, 0.25) is 0 Å². The van der Waals surface area contributed by atoms with Crippen molar-refractivity contribution in [1.29, 1.82) is 0 Å². The maximum absolute atomic E-state index is 4.81. The van der Waals surface area contributed by atoms with Crippen molar-refractivity contribution in [2.45, 2.75) is 57.9 Å². The topological polar surface area (TPSA) is 24.9 Å². The molecule has 2 rings (SSSR count). The molecule has 1 N–H and O–H groups in total. The highest BCUT2D eigenvalue weighted by Crippen LogP contribution is 2.35. The number of thiazole rings is 1. The Hall–Kier alpha value is -0.410. The van der Waals surface area contributed by atoms with Crippen LogP contribution in [-0.4, -0.2) is 12.0 Å². The first-order valence-electron chi connectivity index (χ1n) is 6.85. The number of aromatic nitrogens is 1. The van der Waals surface area contributed by atoms with Gasteiger partial charge in [-0.2, -0.15) is 0 Å². The zero-order chi connectivity index (χ0) is 12.3. The molecule has 0 bridgehead atoms. The van der Waals surface area contributed by atoms with E-state index in [0.717, 1.165) is 5.92 Å². The van der Waals surface area contributed by atoms with Gasteiger partial charge in [-0.25, -0.2) is 4.98 Å². The van der Waals surface area contributed by atoms with Gasteiger partial charge in [0.2, 0.25) is 0 Å². The van der Waals surface area contributed by atoms with Crippen molar-refractivity contribution in [1.82, 2.24) is 10.3 Å². The average Bonchev–Trinajstić information content (AvgIpc) is 2.81. The van der Waals surface area contributed by atoms with Crippen LogP contribution in [0.1, 0.15) is 68.6 Å². The van der Waals surface area contributed by atoms with Gasteiger partial charge in [0.1, 0.15) is 5.01 Å². The highest BCUT2D eigenvalue weighted by atomic mass is 32.1. The maximum atomic E-state index is 4.81. The molecule has 0 radical (unpaired) electrons. The third-order valence-electron chi connectivity index (χ3n) is 3.83. The summed E-state index contributed by atoms with van der Waals surface area (Å²) in [6.07, 6.45) is 6.93. The van der Waals surface area contributed by atoms with Gasteiger partial charge >= 0.3 is 0 Å². The van der Waals surface area contributed by atoms with Gasteiger partial charge in [-0.1, -0.05) is 33.1 Å². The lowest BCUT2D eigenvalue weighted by Gasteiger charge is -2.28. The first-order chi connectivity index (χ1) is 8.22. The van der Waals surface area contributed by atoms with E-state index >= 15 is 0 Å². The first kappa shape index (κ1) is 13.0. The Morgan fingerprint density at radius 3 is 2.53 bits per heavy atom. The summed E-state index contributed by atoms with van der Waals surface area (Å²) in [5.74, 6) is 1.34. The molecule has 1 aromatic rings. The second-order valence-corrected chi connectivity index (χ2v) is 6.32. The van der Waals surface area contributed by atoms with Gasteiger partial charge in [-0.15, -0.1) is 11.3 Å². The standard InChI is InChI=1S/C14H24N2S/c1-10(2)12-9-17-14(16-12)13(15-3)11-7-5-4-6-8-11/h9-11,13,15H,4-8H2,1-3H3. The van der Waals surface area contributed by atoms with Crippen LogP contribution in [0.15, 0.2) is 5.38 Å². The van der Waals surface area contributed by atoms with Gasteiger partial charge in [0, 0.05) is 5.38 Å². The van der Waals surface area contributed by atoms with Gasteiger partial charge in [-0.3, -0.25) is 0 Å². The van der Waals surface area contributed by atoms with E-state index in [-0.39, 0.29) is 0 Å². The summed E-state index contributed by atoms with van der Waals surface area (Å²) in [6, 6.07) is 0.479. The number of hydrogen-bond acceptors (Lipinski definition) is 3. The largest absolute Gasteiger partial charge is 0.311 e. The minimum absolute atomic E-state index is 0.479. The molecular weight excluding hydrogens is 228 g/mol. The smallest absolute Gasteiger partial charge is 0.110 e. The Morgan fingerprint density at radius 1 is 1.29 bits per heavy atom. The minimum Gasteiger partial charge on any atom is -0.311 e. The molecule has 1 aliphatic carbocycles. The van der Waals surface area contributed by atoms with Crippen LogP contribution in [0.5, 0.6) is 0 Å². The summed E-state index contributed by atoms with van der Waals surface area (Å²) in [5, 5.41) is 7.01. The molecule has 1 atom stereocenters. The van der Waals surface area contributed by atoms with E-state index in [9.17, 15) is 0 Å². The lowest BCUT2D eigenvalue weighted by atomic mass is 9.84. The van der Waals surface area contributed by atoms with Crippen LogP contribution < -0.4 is 5.32 Å². The Balaban J connectivity index is 2.10. The second kappa shape index (κ2) is 5.96. The highest BCUT2D eigenvalue weighted by Gasteiger charge is 2.26. The van der Waals surface area contributed by atoms with E-state index in [2.05, 4.69) is 31.6 Å². The minimum atomic E-state index is 0.479. The van der Waals surface area contributed by atoms with Crippen molar-refractivity contribution in [3.63, 3.8) is 0 Å². The molecule has 1 unspecified atom stereocenters. The van der Waals surface area contributed by atoms with E-state index < -0.39 is 0 Å². The summed E-state index contributed by atoms with van der Waals surface area (Å²) >= 11 is 1.83. The number of hydrogen-bond donors (Lipinski definition) is 1. The molecule has 0 aromatic carbocycles. The molecule has 1 saturated carbocycles. The summed E-state index contributed by atoms with van der Waals surface area (Å²) < 4.78 is 0. The number of nitrogens with zero attached hydrogens (tertiary/aromatic N) is 1. The molecule has 0 amide bonds. The van der Waals surface area contributed by atoms with Crippen molar-refractivity contribution in [2.24, 2.45) is 5.92 Å². The van der Waals surface area contributed by atoms with Gasteiger partial charge in [0.05, 0.1) is 11.7 Å². The fraction of sp³-hybridized carbons (Fsp3) is 0.786. The SMILES string of the molecule is CNC(c1nc(C(C)C)cs1)C1CCCCC1. The predicted molar refractivity (Wildman–Crippen MR) is 74.6 cm³/mol. The number of nitrogens with one attached hydrogen (secondary N) is 1. The normalized spacial score (nSPS) is 19.8. The molecule has 1 heterocycles. The molecule has 96 valence electrons. The fourth-order valence-corrected chi connectivity index (χ4v) is 3.92. The van der Waals surface area contributed by atoms with Crippen LogP contribution in [0.3, 0.4) is 0 Å². The lowest BCUT2D eigenvalue weighted by Crippen LogP contribution is -2.26. The Labute approximate surface area is 109 Å². The van der Waals surface area contributed by atoms with Gasteiger partial charge < -0.3 is 5.32 Å². The lowest BCUT2D eigenvalue weighted by molar-refractivity contribution is 0.281. The third-order valence-corrected chi connectivity index (χ3v) is 4.78. The van der Waals surface area contributed by atoms with Crippen molar-refractivity contribution >= 4 is 11.3 Å². The molecule has 0 spiro atoms. The van der Waals surface area contributed by atoms with Gasteiger partial charge in [0.15, 0.2) is 0 Å². The first-order valence-corrected chi connectivity index (χ1v) is 7.73. The maximum Gasteiger partial charge on any atom is 0.110 e. The predicted octanol–water partition coefficient (Wildman–Crippen LogP) is 4.11. The quantitative estimate of drug-likeness (QED) is 0.872. The van der Waals surface area contributed by atoms with E-state index in [4.69, 9.17) is 4.98 Å². The zero-order valence-electron chi connectivity index (χ0n) is 11.2. The van der Waals surface area contributed by atoms with Crippen LogP contribution in [0.4, 0.5) is 0 Å². The van der Waals surface area contributed by atoms with E-state index in [1.54, 1.807) is 0 Å². The summed E-state index contributed by atoms with van der Waals surface area (Å²) in [5.41, 5.74) is 1.25. The van der Waals surface area contributed by atoms with Crippen LogP contribution in [-0.2, 0) is 0 Å². The average molecular weight is 252 g/mol.